The Kier molecular flexibility index (Phi) is 18.9. The predicted molar refractivity (Wildman–Crippen MR) is 253 cm³/mol. The van der Waals surface area contributed by atoms with Crippen LogP contribution in [0.5, 0.6) is 0 Å². The van der Waals surface area contributed by atoms with Crippen molar-refractivity contribution in [1.82, 2.24) is 0 Å². The van der Waals surface area contributed by atoms with E-state index >= 15 is 0 Å². The van der Waals surface area contributed by atoms with Crippen molar-refractivity contribution in [2.75, 3.05) is 7.11 Å². The Morgan fingerprint density at radius 2 is 1.58 bits per heavy atom. The summed E-state index contributed by atoms with van der Waals surface area (Å²) in [6.07, 6.45) is 9.10. The molecule has 392 valence electrons. The molecule has 69 heavy (non-hydrogen) atoms. The molecule has 0 aliphatic carbocycles. The summed E-state index contributed by atoms with van der Waals surface area (Å²) in [7, 11) is 1.62. The third-order valence-corrected chi connectivity index (χ3v) is 16.7. The van der Waals surface area contributed by atoms with Crippen molar-refractivity contribution < 1.29 is 78.1 Å². The fourth-order valence-electron chi connectivity index (χ4n) is 11.8. The van der Waals surface area contributed by atoms with Crippen molar-refractivity contribution in [1.29, 1.82) is 0 Å². The van der Waals surface area contributed by atoms with Gasteiger partial charge in [-0.2, -0.15) is 0 Å². The van der Waals surface area contributed by atoms with E-state index in [0.717, 1.165) is 6.42 Å². The van der Waals surface area contributed by atoms with Gasteiger partial charge in [-0.1, -0.05) is 58.1 Å². The van der Waals surface area contributed by atoms with Crippen molar-refractivity contribution in [2.24, 2.45) is 23.7 Å². The second-order valence-electron chi connectivity index (χ2n) is 21.6. The molecule has 6 saturated heterocycles. The molecular formula is C52H81ClO16. The van der Waals surface area contributed by atoms with Gasteiger partial charge in [0.1, 0.15) is 18.3 Å². The van der Waals surface area contributed by atoms with E-state index < -0.39 is 108 Å². The third kappa shape index (κ3) is 13.6. The minimum Gasteiger partial charge on any atom is -0.479 e. The number of hydrogen-bond acceptors (Lipinski definition) is 15. The maximum Gasteiger partial charge on any atom is 0.332 e. The molecule has 7 aliphatic heterocycles. The smallest absolute Gasteiger partial charge is 0.332 e. The maximum atomic E-state index is 13.9. The summed E-state index contributed by atoms with van der Waals surface area (Å²) in [6, 6.07) is 0. The van der Waals surface area contributed by atoms with E-state index in [0.29, 0.717) is 77.0 Å². The summed E-state index contributed by atoms with van der Waals surface area (Å²) in [5.74, 6) is -5.81. The molecule has 1 unspecified atom stereocenters. The van der Waals surface area contributed by atoms with Gasteiger partial charge in [-0.15, -0.1) is 11.6 Å². The number of alkyl halides is 1. The van der Waals surface area contributed by atoms with Crippen LogP contribution in [0.25, 0.3) is 0 Å². The van der Waals surface area contributed by atoms with Crippen molar-refractivity contribution >= 4 is 23.5 Å². The molecule has 9 bridgehead atoms. The van der Waals surface area contributed by atoms with Crippen LogP contribution in [0, 0.1) is 23.7 Å². The molecule has 0 aromatic rings. The molecule has 6 fully saturated rings. The highest BCUT2D eigenvalue weighted by molar-refractivity contribution is 6.21. The number of methoxy groups -OCH3 is 1. The number of aliphatic hydroxyl groups excluding tert-OH is 5. The number of esters is 1. The number of halogens is 1. The minimum atomic E-state index is -1.47. The van der Waals surface area contributed by atoms with Gasteiger partial charge < -0.3 is 68.5 Å². The summed E-state index contributed by atoms with van der Waals surface area (Å²) in [6.45, 7) is 7.98. The highest BCUT2D eigenvalue weighted by Crippen LogP contribution is 2.53. The zero-order chi connectivity index (χ0) is 49.7. The Bertz CT molecular complexity index is 1780. The number of carbonyl (C=O) groups is 2. The molecule has 3 spiro atoms. The molecule has 0 aromatic heterocycles. The number of ether oxygens (including phenoxy) is 8. The monoisotopic (exact) mass is 997 g/mol. The lowest BCUT2D eigenvalue weighted by molar-refractivity contribution is -0.413. The second-order valence-corrected chi connectivity index (χ2v) is 22.1. The lowest BCUT2D eigenvalue weighted by atomic mass is 9.81. The molecule has 7 heterocycles. The number of hydrogen-bond donors (Lipinski definition) is 6. The van der Waals surface area contributed by atoms with E-state index in [1.54, 1.807) is 19.3 Å². The highest BCUT2D eigenvalue weighted by Gasteiger charge is 2.61. The molecular weight excluding hydrogens is 916 g/mol. The minimum absolute atomic E-state index is 0.00751. The van der Waals surface area contributed by atoms with E-state index in [1.165, 1.54) is 0 Å². The van der Waals surface area contributed by atoms with Crippen LogP contribution in [0.15, 0.2) is 36.5 Å². The summed E-state index contributed by atoms with van der Waals surface area (Å²) in [5.41, 5.74) is 0. The summed E-state index contributed by atoms with van der Waals surface area (Å²) in [4.78, 5) is 24.9. The van der Waals surface area contributed by atoms with Gasteiger partial charge in [0.2, 0.25) is 0 Å². The number of carbonyl (C=O) groups excluding carboxylic acids is 1. The molecule has 16 nitrogen and oxygen atoms in total. The van der Waals surface area contributed by atoms with Gasteiger partial charge in [0.05, 0.1) is 66.7 Å². The fourth-order valence-corrected chi connectivity index (χ4v) is 12.1. The number of fused-ring (bicyclic) bond motifs is 6. The normalized spacial score (nSPS) is 46.7. The van der Waals surface area contributed by atoms with E-state index in [1.807, 2.05) is 45.1 Å². The van der Waals surface area contributed by atoms with Crippen molar-refractivity contribution in [3.05, 3.63) is 36.5 Å². The van der Waals surface area contributed by atoms with Crippen LogP contribution in [0.1, 0.15) is 143 Å². The van der Waals surface area contributed by atoms with Crippen LogP contribution in [0.4, 0.5) is 0 Å². The average molecular weight is 998 g/mol. The van der Waals surface area contributed by atoms with Crippen LogP contribution in [0.3, 0.4) is 0 Å². The molecule has 21 atom stereocenters. The quantitative estimate of drug-likeness (QED) is 0.0912. The molecule has 0 radical (unpaired) electrons. The Morgan fingerprint density at radius 1 is 0.826 bits per heavy atom. The van der Waals surface area contributed by atoms with Gasteiger partial charge in [-0.3, -0.25) is 4.79 Å². The molecule has 6 N–H and O–H groups in total. The standard InChI is InChI=1S/C52H81ClO16/c1-30-18-21-50-22-19-32(3)48(68-50)47(59)46(58)31(2)16-17-40-45(53)43(62-5)28-51(65-40)23-20-33(4)52(69-51)29-42(39(67-52)15-10-8-6-7-9-14-38(56)49(60)61)64-44(57)27-37-13-11-12-36(63-37)25-34(54)24-35(55)26-41(30)66-50/h7-10,18,21,30-43,45-48,54-56,58-59H,6,11-17,19-20,22-29H2,1-5H3,(H,60,61)/b9-7-,10-8+/t30-,31-,32-,33-,34-,35-,36-,37+,38?,39-,40+,41+,42-,43+,45+,46-,47-,48-,50-,51+,52+/m0/s1. The lowest BCUT2D eigenvalue weighted by Crippen LogP contribution is -2.61. The van der Waals surface area contributed by atoms with E-state index in [2.05, 4.69) is 6.92 Å². The summed E-state index contributed by atoms with van der Waals surface area (Å²) < 4.78 is 53.1. The van der Waals surface area contributed by atoms with Crippen LogP contribution >= 0.6 is 11.6 Å². The van der Waals surface area contributed by atoms with Crippen molar-refractivity contribution in [3.63, 3.8) is 0 Å². The molecule has 0 amide bonds. The number of allylic oxidation sites excluding steroid dienone is 2. The van der Waals surface area contributed by atoms with Gasteiger partial charge in [0.25, 0.3) is 0 Å². The van der Waals surface area contributed by atoms with Crippen molar-refractivity contribution in [3.8, 4) is 0 Å². The van der Waals surface area contributed by atoms with E-state index in [9.17, 15) is 35.1 Å². The summed E-state index contributed by atoms with van der Waals surface area (Å²) >= 11 is 7.14. The number of rotatable bonds is 8. The molecule has 7 rings (SSSR count). The summed E-state index contributed by atoms with van der Waals surface area (Å²) in [5, 5.41) is 64.2. The lowest BCUT2D eigenvalue weighted by Gasteiger charge is -2.54. The second kappa shape index (κ2) is 23.9. The number of carboxylic acid groups (broad SMARTS) is 1. The zero-order valence-corrected chi connectivity index (χ0v) is 42.0. The topological polar surface area (TPSA) is 229 Å². The highest BCUT2D eigenvalue weighted by atomic mass is 35.5. The van der Waals surface area contributed by atoms with Gasteiger partial charge >= 0.3 is 11.9 Å². The Labute approximate surface area is 413 Å². The van der Waals surface area contributed by atoms with Gasteiger partial charge in [0.15, 0.2) is 23.5 Å². The van der Waals surface area contributed by atoms with Crippen LogP contribution in [-0.2, 0) is 47.5 Å². The maximum absolute atomic E-state index is 13.9. The van der Waals surface area contributed by atoms with Crippen LogP contribution in [-0.4, -0.2) is 152 Å². The van der Waals surface area contributed by atoms with Gasteiger partial charge in [-0.25, -0.2) is 4.79 Å². The van der Waals surface area contributed by atoms with Gasteiger partial charge in [-0.05, 0) is 88.5 Å². The number of carboxylic acids is 1. The SMILES string of the molecule is CO[C@@H]1C[C@]23CC[C@H](C)[C@@]4(C[C@H](OC(=O)C[C@H]5CCC[C@@H](C[C@@H](O)C[C@H](O)C[C@H]6O[C@]7(C=C[C@@H]6C)CC[C@H](C)[C@H](O7)[C@@H](O)[C@@H](O)[C@@H](C)CC[C@@H](O2)[C@H]1Cl)O5)[C@H](C/C=C/C/C=C\CC(O)C(=O)O)O4)O3. The molecule has 0 aromatic carbocycles. The fraction of sp³-hybridized carbons (Fsp3) is 0.846. The molecule has 0 saturated carbocycles. The Balaban J connectivity index is 1.13. The van der Waals surface area contributed by atoms with E-state index in [-0.39, 0.29) is 61.9 Å². The third-order valence-electron chi connectivity index (χ3n) is 16.1. The first-order valence-corrected chi connectivity index (χ1v) is 26.3. The van der Waals surface area contributed by atoms with Gasteiger partial charge in [0, 0.05) is 57.5 Å². The zero-order valence-electron chi connectivity index (χ0n) is 41.2. The van der Waals surface area contributed by atoms with Crippen LogP contribution < -0.4 is 0 Å². The first-order valence-electron chi connectivity index (χ1n) is 25.9. The number of aliphatic carboxylic acids is 1. The Morgan fingerprint density at radius 3 is 2.35 bits per heavy atom. The first kappa shape index (κ1) is 54.7. The number of aliphatic hydroxyl groups is 5. The average Bonchev–Trinajstić information content (AvgIpc) is 3.64. The molecule has 7 aliphatic rings. The first-order chi connectivity index (χ1) is 32.8. The largest absolute Gasteiger partial charge is 0.479 e. The molecule has 17 heteroatoms. The predicted octanol–water partition coefficient (Wildman–Crippen LogP) is 6.14. The van der Waals surface area contributed by atoms with E-state index in [4.69, 9.17) is 54.6 Å². The van der Waals surface area contributed by atoms with Crippen molar-refractivity contribution in [2.45, 2.75) is 245 Å². The Hall–Kier alpha value is -2.03. The van der Waals surface area contributed by atoms with Crippen LogP contribution in [0.2, 0.25) is 0 Å².